The SMILES string of the molecule is COc1ccc2oc(-c3ccc(C#N)cn3)cc2c1. The molecule has 0 radical (unpaired) electrons. The van der Waals surface area contributed by atoms with E-state index in [1.807, 2.05) is 30.3 Å². The summed E-state index contributed by atoms with van der Waals surface area (Å²) in [7, 11) is 1.63. The molecule has 0 aliphatic heterocycles. The molecule has 2 heterocycles. The summed E-state index contributed by atoms with van der Waals surface area (Å²) < 4.78 is 10.9. The lowest BCUT2D eigenvalue weighted by atomic mass is 10.2. The Bertz CT molecular complexity index is 767. The fraction of sp³-hybridized carbons (Fsp3) is 0.0667. The van der Waals surface area contributed by atoms with Crippen molar-refractivity contribution < 1.29 is 9.15 Å². The van der Waals surface area contributed by atoms with Gasteiger partial charge in [0.2, 0.25) is 0 Å². The van der Waals surface area contributed by atoms with E-state index in [0.29, 0.717) is 17.0 Å². The molecule has 0 atom stereocenters. The first-order valence-corrected chi connectivity index (χ1v) is 5.74. The van der Waals surface area contributed by atoms with Gasteiger partial charge >= 0.3 is 0 Å². The second-order valence-corrected chi connectivity index (χ2v) is 4.06. The van der Waals surface area contributed by atoms with Crippen LogP contribution in [-0.2, 0) is 0 Å². The Hall–Kier alpha value is -2.80. The van der Waals surface area contributed by atoms with E-state index in [4.69, 9.17) is 14.4 Å². The first-order chi connectivity index (χ1) is 9.30. The van der Waals surface area contributed by atoms with Crippen LogP contribution in [0.25, 0.3) is 22.4 Å². The van der Waals surface area contributed by atoms with Crippen molar-refractivity contribution in [2.45, 2.75) is 0 Å². The van der Waals surface area contributed by atoms with Gasteiger partial charge in [-0.3, -0.25) is 4.98 Å². The minimum atomic E-state index is 0.529. The standard InChI is InChI=1S/C15H10N2O2/c1-18-12-3-5-14-11(6-12)7-15(19-14)13-4-2-10(8-16)9-17-13/h2-7,9H,1H3. The number of aromatic nitrogens is 1. The Morgan fingerprint density at radius 1 is 1.21 bits per heavy atom. The molecule has 1 aromatic carbocycles. The Kier molecular flexibility index (Phi) is 2.66. The van der Waals surface area contributed by atoms with Gasteiger partial charge in [-0.1, -0.05) is 0 Å². The third-order valence-electron chi connectivity index (χ3n) is 2.87. The molecule has 0 aliphatic rings. The molecule has 92 valence electrons. The number of nitrogens with zero attached hydrogens (tertiary/aromatic N) is 2. The molecule has 0 fully saturated rings. The third kappa shape index (κ3) is 2.02. The normalized spacial score (nSPS) is 10.3. The summed E-state index contributed by atoms with van der Waals surface area (Å²) in [6, 6.07) is 13.1. The average molecular weight is 250 g/mol. The Morgan fingerprint density at radius 2 is 2.11 bits per heavy atom. The van der Waals surface area contributed by atoms with E-state index < -0.39 is 0 Å². The monoisotopic (exact) mass is 250 g/mol. The predicted octanol–water partition coefficient (Wildman–Crippen LogP) is 3.38. The lowest BCUT2D eigenvalue weighted by Crippen LogP contribution is -1.81. The molecule has 0 saturated carbocycles. The molecule has 0 aliphatic carbocycles. The average Bonchev–Trinajstić information content (AvgIpc) is 2.90. The molecule has 0 saturated heterocycles. The molecular weight excluding hydrogens is 240 g/mol. The Labute approximate surface area is 109 Å². The zero-order valence-corrected chi connectivity index (χ0v) is 10.3. The van der Waals surface area contributed by atoms with Crippen molar-refractivity contribution in [2.24, 2.45) is 0 Å². The maximum Gasteiger partial charge on any atom is 0.153 e. The topological polar surface area (TPSA) is 59.0 Å². The number of methoxy groups -OCH3 is 1. The maximum atomic E-state index is 8.74. The van der Waals surface area contributed by atoms with Crippen molar-refractivity contribution in [3.05, 3.63) is 48.2 Å². The molecule has 3 aromatic rings. The second kappa shape index (κ2) is 4.46. The van der Waals surface area contributed by atoms with Crippen LogP contribution < -0.4 is 4.74 Å². The van der Waals surface area contributed by atoms with Gasteiger partial charge < -0.3 is 9.15 Å². The summed E-state index contributed by atoms with van der Waals surface area (Å²) in [5.41, 5.74) is 2.01. The minimum absolute atomic E-state index is 0.529. The highest BCUT2D eigenvalue weighted by Crippen LogP contribution is 2.29. The highest BCUT2D eigenvalue weighted by molar-refractivity contribution is 5.83. The number of pyridine rings is 1. The molecule has 0 bridgehead atoms. The van der Waals surface area contributed by atoms with Crippen LogP contribution in [0.3, 0.4) is 0 Å². The van der Waals surface area contributed by atoms with Gasteiger partial charge in [-0.25, -0.2) is 0 Å². The van der Waals surface area contributed by atoms with Crippen LogP contribution in [0.4, 0.5) is 0 Å². The Balaban J connectivity index is 2.07. The molecule has 0 amide bonds. The predicted molar refractivity (Wildman–Crippen MR) is 70.7 cm³/mol. The number of nitriles is 1. The van der Waals surface area contributed by atoms with E-state index in [1.54, 1.807) is 19.2 Å². The van der Waals surface area contributed by atoms with E-state index >= 15 is 0 Å². The fourth-order valence-corrected chi connectivity index (χ4v) is 1.88. The number of rotatable bonds is 2. The fourth-order valence-electron chi connectivity index (χ4n) is 1.88. The summed E-state index contributed by atoms with van der Waals surface area (Å²) in [5, 5.41) is 9.70. The van der Waals surface area contributed by atoms with Crippen molar-refractivity contribution >= 4 is 11.0 Å². The van der Waals surface area contributed by atoms with E-state index in [-0.39, 0.29) is 0 Å². The molecule has 4 nitrogen and oxygen atoms in total. The van der Waals surface area contributed by atoms with Crippen LogP contribution in [0.1, 0.15) is 5.56 Å². The number of fused-ring (bicyclic) bond motifs is 1. The van der Waals surface area contributed by atoms with Crippen LogP contribution in [-0.4, -0.2) is 12.1 Å². The zero-order chi connectivity index (χ0) is 13.2. The number of ether oxygens (including phenoxy) is 1. The lowest BCUT2D eigenvalue weighted by molar-refractivity contribution is 0.415. The molecule has 19 heavy (non-hydrogen) atoms. The summed E-state index contributed by atoms with van der Waals surface area (Å²) in [6.07, 6.45) is 1.53. The van der Waals surface area contributed by atoms with Crippen LogP contribution in [0.5, 0.6) is 5.75 Å². The van der Waals surface area contributed by atoms with E-state index in [0.717, 1.165) is 16.7 Å². The quantitative estimate of drug-likeness (QED) is 0.699. The van der Waals surface area contributed by atoms with Crippen molar-refractivity contribution in [2.75, 3.05) is 7.11 Å². The number of hydrogen-bond donors (Lipinski definition) is 0. The molecule has 0 spiro atoms. The van der Waals surface area contributed by atoms with Gasteiger partial charge in [-0.15, -0.1) is 0 Å². The Morgan fingerprint density at radius 3 is 2.79 bits per heavy atom. The highest BCUT2D eigenvalue weighted by atomic mass is 16.5. The van der Waals surface area contributed by atoms with Gasteiger partial charge in [0, 0.05) is 11.6 Å². The first kappa shape index (κ1) is 11.3. The van der Waals surface area contributed by atoms with Gasteiger partial charge in [-0.05, 0) is 36.4 Å². The van der Waals surface area contributed by atoms with E-state index in [1.165, 1.54) is 6.20 Å². The van der Waals surface area contributed by atoms with Gasteiger partial charge in [0.25, 0.3) is 0 Å². The molecule has 0 N–H and O–H groups in total. The highest BCUT2D eigenvalue weighted by Gasteiger charge is 2.08. The summed E-state index contributed by atoms with van der Waals surface area (Å²) in [6.45, 7) is 0. The van der Waals surface area contributed by atoms with Crippen LogP contribution in [0.2, 0.25) is 0 Å². The minimum Gasteiger partial charge on any atom is -0.497 e. The van der Waals surface area contributed by atoms with Gasteiger partial charge in [-0.2, -0.15) is 5.26 Å². The molecule has 3 rings (SSSR count). The first-order valence-electron chi connectivity index (χ1n) is 5.74. The molecule has 2 aromatic heterocycles. The summed E-state index contributed by atoms with van der Waals surface area (Å²) >= 11 is 0. The largest absolute Gasteiger partial charge is 0.497 e. The lowest BCUT2D eigenvalue weighted by Gasteiger charge is -1.96. The molecular formula is C15H10N2O2. The van der Waals surface area contributed by atoms with Gasteiger partial charge in [0.15, 0.2) is 5.76 Å². The molecule has 0 unspecified atom stereocenters. The number of hydrogen-bond acceptors (Lipinski definition) is 4. The van der Waals surface area contributed by atoms with Crippen LogP contribution in [0, 0.1) is 11.3 Å². The van der Waals surface area contributed by atoms with Gasteiger partial charge in [0.05, 0.1) is 12.7 Å². The van der Waals surface area contributed by atoms with Crippen LogP contribution >= 0.6 is 0 Å². The zero-order valence-electron chi connectivity index (χ0n) is 10.3. The smallest absolute Gasteiger partial charge is 0.153 e. The van der Waals surface area contributed by atoms with Crippen molar-refractivity contribution in [1.82, 2.24) is 4.98 Å². The summed E-state index contributed by atoms with van der Waals surface area (Å²) in [5.74, 6) is 1.46. The van der Waals surface area contributed by atoms with Crippen molar-refractivity contribution in [1.29, 1.82) is 5.26 Å². The summed E-state index contributed by atoms with van der Waals surface area (Å²) in [4.78, 5) is 4.21. The molecule has 4 heteroatoms. The van der Waals surface area contributed by atoms with Crippen molar-refractivity contribution in [3.63, 3.8) is 0 Å². The van der Waals surface area contributed by atoms with Gasteiger partial charge in [0.1, 0.15) is 23.1 Å². The maximum absolute atomic E-state index is 8.74. The second-order valence-electron chi connectivity index (χ2n) is 4.06. The number of furan rings is 1. The van der Waals surface area contributed by atoms with Crippen LogP contribution in [0.15, 0.2) is 47.0 Å². The van der Waals surface area contributed by atoms with E-state index in [9.17, 15) is 0 Å². The third-order valence-corrected chi connectivity index (χ3v) is 2.87. The number of benzene rings is 1. The van der Waals surface area contributed by atoms with E-state index in [2.05, 4.69) is 4.98 Å². The van der Waals surface area contributed by atoms with Crippen molar-refractivity contribution in [3.8, 4) is 23.3 Å².